The summed E-state index contributed by atoms with van der Waals surface area (Å²) in [6.07, 6.45) is 0. The van der Waals surface area contributed by atoms with Crippen LogP contribution in [0.15, 0.2) is 24.3 Å². The molecule has 6 nitrogen and oxygen atoms in total. The van der Waals surface area contributed by atoms with Gasteiger partial charge in [0.1, 0.15) is 6.61 Å². The van der Waals surface area contributed by atoms with Crippen LogP contribution in [0.2, 0.25) is 0 Å². The van der Waals surface area contributed by atoms with E-state index >= 15 is 0 Å². The molecular weight excluding hydrogens is 325 g/mol. The first-order valence-electron chi connectivity index (χ1n) is 6.23. The summed E-state index contributed by atoms with van der Waals surface area (Å²) in [7, 11) is -5.51. The molecule has 1 amide bonds. The molecule has 1 aromatic rings. The Balaban J connectivity index is 2.22. The van der Waals surface area contributed by atoms with E-state index in [1.54, 1.807) is 6.07 Å². The van der Waals surface area contributed by atoms with Gasteiger partial charge in [-0.1, -0.05) is 18.2 Å². The summed E-state index contributed by atoms with van der Waals surface area (Å²) in [5.74, 6) is -0.306. The van der Waals surface area contributed by atoms with Crippen molar-refractivity contribution in [3.63, 3.8) is 0 Å². The van der Waals surface area contributed by atoms with Crippen LogP contribution in [0.1, 0.15) is 5.56 Å². The fourth-order valence-corrected chi connectivity index (χ4v) is 2.49. The van der Waals surface area contributed by atoms with Crippen molar-refractivity contribution in [3.05, 3.63) is 29.8 Å². The van der Waals surface area contributed by atoms with E-state index in [0.717, 1.165) is 0 Å². The van der Waals surface area contributed by atoms with Crippen molar-refractivity contribution < 1.29 is 31.1 Å². The molecule has 1 N–H and O–H groups in total. The molecule has 10 heteroatoms. The lowest BCUT2D eigenvalue weighted by atomic mass is 10.1. The Bertz CT molecular complexity index is 661. The Morgan fingerprint density at radius 2 is 1.95 bits per heavy atom. The molecule has 0 bridgehead atoms. The number of nitrogens with zero attached hydrogens (tertiary/aromatic N) is 1. The summed E-state index contributed by atoms with van der Waals surface area (Å²) in [5, 5.41) is 0. The highest BCUT2D eigenvalue weighted by atomic mass is 32.2. The average Bonchev–Trinajstić information content (AvgIpc) is 2.42. The zero-order chi connectivity index (χ0) is 16.4. The number of alkyl halides is 3. The highest BCUT2D eigenvalue weighted by molar-refractivity contribution is 7.93. The van der Waals surface area contributed by atoms with Crippen LogP contribution < -0.4 is 4.72 Å². The maximum atomic E-state index is 12.4. The van der Waals surface area contributed by atoms with Gasteiger partial charge >= 0.3 is 15.5 Å². The van der Waals surface area contributed by atoms with Gasteiger partial charge in [-0.15, -0.1) is 0 Å². The van der Waals surface area contributed by atoms with Gasteiger partial charge in [-0.3, -0.25) is 9.52 Å². The third-order valence-electron chi connectivity index (χ3n) is 3.01. The SMILES string of the molecule is O=C1COCCN1Cc1ccccc1NS(=O)(=O)C(F)(F)F. The van der Waals surface area contributed by atoms with Crippen molar-refractivity contribution in [2.45, 2.75) is 12.1 Å². The molecule has 1 saturated heterocycles. The third kappa shape index (κ3) is 3.69. The van der Waals surface area contributed by atoms with E-state index in [1.165, 1.54) is 27.8 Å². The largest absolute Gasteiger partial charge is 0.516 e. The van der Waals surface area contributed by atoms with E-state index in [2.05, 4.69) is 0 Å². The van der Waals surface area contributed by atoms with Crippen molar-refractivity contribution in [3.8, 4) is 0 Å². The second kappa shape index (κ2) is 6.13. The summed E-state index contributed by atoms with van der Waals surface area (Å²) >= 11 is 0. The van der Waals surface area contributed by atoms with Crippen molar-refractivity contribution in [1.82, 2.24) is 4.90 Å². The summed E-state index contributed by atoms with van der Waals surface area (Å²) in [5.41, 5.74) is -5.35. The zero-order valence-corrected chi connectivity index (χ0v) is 12.1. The Kier molecular flexibility index (Phi) is 4.61. The third-order valence-corrected chi connectivity index (χ3v) is 4.11. The number of hydrogen-bond donors (Lipinski definition) is 1. The van der Waals surface area contributed by atoms with Gasteiger partial charge in [-0.25, -0.2) is 0 Å². The number of carbonyl (C=O) groups excluding carboxylic acids is 1. The molecule has 0 spiro atoms. The average molecular weight is 338 g/mol. The minimum absolute atomic E-state index is 0.00125. The summed E-state index contributed by atoms with van der Waals surface area (Å²) in [6, 6.07) is 5.62. The van der Waals surface area contributed by atoms with Crippen LogP contribution in [0.4, 0.5) is 18.9 Å². The molecule has 1 aliphatic heterocycles. The monoisotopic (exact) mass is 338 g/mol. The topological polar surface area (TPSA) is 75.7 Å². The van der Waals surface area contributed by atoms with Crippen LogP contribution in [0.3, 0.4) is 0 Å². The number of rotatable bonds is 4. The summed E-state index contributed by atoms with van der Waals surface area (Å²) in [4.78, 5) is 13.0. The van der Waals surface area contributed by atoms with E-state index in [4.69, 9.17) is 4.74 Å². The van der Waals surface area contributed by atoms with Crippen molar-refractivity contribution in [2.75, 3.05) is 24.5 Å². The highest BCUT2D eigenvalue weighted by Crippen LogP contribution is 2.27. The van der Waals surface area contributed by atoms with E-state index in [1.807, 2.05) is 0 Å². The van der Waals surface area contributed by atoms with E-state index in [-0.39, 0.29) is 30.3 Å². The number of amides is 1. The molecule has 0 unspecified atom stereocenters. The number of nitrogens with one attached hydrogen (secondary N) is 1. The van der Waals surface area contributed by atoms with E-state index in [9.17, 15) is 26.4 Å². The summed E-state index contributed by atoms with van der Waals surface area (Å²) in [6.45, 7) is 0.510. The van der Waals surface area contributed by atoms with Crippen LogP contribution in [0, 0.1) is 0 Å². The van der Waals surface area contributed by atoms with Crippen LogP contribution in [-0.2, 0) is 26.1 Å². The maximum Gasteiger partial charge on any atom is 0.516 e. The van der Waals surface area contributed by atoms with Crippen molar-refractivity contribution in [2.24, 2.45) is 0 Å². The van der Waals surface area contributed by atoms with Crippen LogP contribution in [0.25, 0.3) is 0 Å². The molecule has 0 aliphatic carbocycles. The van der Waals surface area contributed by atoms with Gasteiger partial charge in [-0.2, -0.15) is 21.6 Å². The van der Waals surface area contributed by atoms with E-state index in [0.29, 0.717) is 13.2 Å². The lowest BCUT2D eigenvalue weighted by molar-refractivity contribution is -0.143. The van der Waals surface area contributed by atoms with Crippen LogP contribution >= 0.6 is 0 Å². The number of hydrogen-bond acceptors (Lipinski definition) is 4. The lowest BCUT2D eigenvalue weighted by Crippen LogP contribution is -2.41. The molecule has 2 rings (SSSR count). The number of ether oxygens (including phenoxy) is 1. The maximum absolute atomic E-state index is 12.4. The molecule has 22 heavy (non-hydrogen) atoms. The number of benzene rings is 1. The minimum Gasteiger partial charge on any atom is -0.370 e. The Labute approximate surface area is 124 Å². The molecular formula is C12H13F3N2O4S. The van der Waals surface area contributed by atoms with Crippen molar-refractivity contribution >= 4 is 21.6 Å². The summed E-state index contributed by atoms with van der Waals surface area (Å²) < 4.78 is 66.2. The molecule has 0 radical (unpaired) electrons. The van der Waals surface area contributed by atoms with E-state index < -0.39 is 15.5 Å². The van der Waals surface area contributed by atoms with Gasteiger partial charge in [0.2, 0.25) is 5.91 Å². The molecule has 1 aliphatic rings. The van der Waals surface area contributed by atoms with Gasteiger partial charge in [0.15, 0.2) is 0 Å². The number of morpholine rings is 1. The Morgan fingerprint density at radius 3 is 2.59 bits per heavy atom. The first-order valence-corrected chi connectivity index (χ1v) is 7.71. The molecule has 122 valence electrons. The zero-order valence-electron chi connectivity index (χ0n) is 11.3. The number of para-hydroxylation sites is 1. The Morgan fingerprint density at radius 1 is 1.27 bits per heavy atom. The molecule has 1 fully saturated rings. The predicted octanol–water partition coefficient (Wildman–Crippen LogP) is 1.31. The standard InChI is InChI=1S/C12H13F3N2O4S/c13-12(14,15)22(19,20)16-10-4-2-1-3-9(10)7-17-5-6-21-8-11(17)18/h1-4,16H,5-8H2. The lowest BCUT2D eigenvalue weighted by Gasteiger charge is -2.27. The number of anilines is 1. The first kappa shape index (κ1) is 16.6. The normalized spacial score (nSPS) is 16.7. The first-order chi connectivity index (χ1) is 10.2. The van der Waals surface area contributed by atoms with Crippen molar-refractivity contribution in [1.29, 1.82) is 0 Å². The second-order valence-corrected chi connectivity index (χ2v) is 6.25. The van der Waals surface area contributed by atoms with Gasteiger partial charge in [0.05, 0.1) is 12.3 Å². The highest BCUT2D eigenvalue weighted by Gasteiger charge is 2.46. The van der Waals surface area contributed by atoms with Crippen LogP contribution in [0.5, 0.6) is 0 Å². The fourth-order valence-electron chi connectivity index (χ4n) is 1.88. The van der Waals surface area contributed by atoms with Gasteiger partial charge in [0, 0.05) is 13.1 Å². The number of carbonyl (C=O) groups is 1. The van der Waals surface area contributed by atoms with Gasteiger partial charge in [-0.05, 0) is 11.6 Å². The number of sulfonamides is 1. The van der Waals surface area contributed by atoms with Gasteiger partial charge < -0.3 is 9.64 Å². The molecule has 1 aromatic carbocycles. The van der Waals surface area contributed by atoms with Crippen LogP contribution in [-0.4, -0.2) is 44.5 Å². The quantitative estimate of drug-likeness (QED) is 0.898. The molecule has 1 heterocycles. The number of halogens is 3. The predicted molar refractivity (Wildman–Crippen MR) is 71.3 cm³/mol. The smallest absolute Gasteiger partial charge is 0.370 e. The molecule has 0 aromatic heterocycles. The van der Waals surface area contributed by atoms with Gasteiger partial charge in [0.25, 0.3) is 0 Å². The molecule has 0 saturated carbocycles. The second-order valence-electron chi connectivity index (χ2n) is 4.58. The minimum atomic E-state index is -5.51. The fraction of sp³-hybridized carbons (Fsp3) is 0.417. The Hall–Kier alpha value is -1.81. The molecule has 0 atom stereocenters.